The van der Waals surface area contributed by atoms with Crippen LogP contribution in [0, 0.1) is 0 Å². The van der Waals surface area contributed by atoms with Gasteiger partial charge in [0.15, 0.2) is 0 Å². The second kappa shape index (κ2) is 4.34. The topological polar surface area (TPSA) is 44.5 Å². The Balaban J connectivity index is 2.34. The molecular weight excluding hydrogens is 202 g/mol. The average molecular weight is 221 g/mol. The molecule has 0 aromatic heterocycles. The van der Waals surface area contributed by atoms with Crippen LogP contribution in [-0.4, -0.2) is 19.3 Å². The molecule has 3 nitrogen and oxygen atoms in total. The minimum Gasteiger partial charge on any atom is -0.496 e. The highest BCUT2D eigenvalue weighted by Gasteiger charge is 2.21. The fraction of sp³-hybridized carbons (Fsp3) is 0.538. The molecule has 0 fully saturated rings. The summed E-state index contributed by atoms with van der Waals surface area (Å²) >= 11 is 0. The van der Waals surface area contributed by atoms with E-state index >= 15 is 0 Å². The lowest BCUT2D eigenvalue weighted by molar-refractivity contribution is 0.254. The SMILES string of the molecule is COc1cc2c(cc1C[C@@H](C)N)O[C@@H](C)C2. The van der Waals surface area contributed by atoms with Crippen LogP contribution in [0.5, 0.6) is 11.5 Å². The molecule has 2 rings (SSSR count). The lowest BCUT2D eigenvalue weighted by Gasteiger charge is -2.12. The number of fused-ring (bicyclic) bond motifs is 1. The van der Waals surface area contributed by atoms with Gasteiger partial charge in [-0.05, 0) is 38.0 Å². The van der Waals surface area contributed by atoms with Crippen LogP contribution in [-0.2, 0) is 12.8 Å². The van der Waals surface area contributed by atoms with Crippen molar-refractivity contribution in [2.45, 2.75) is 38.8 Å². The molecule has 1 aromatic rings. The largest absolute Gasteiger partial charge is 0.496 e. The molecule has 0 radical (unpaired) electrons. The zero-order valence-electron chi connectivity index (χ0n) is 10.1. The van der Waals surface area contributed by atoms with Gasteiger partial charge in [-0.25, -0.2) is 0 Å². The van der Waals surface area contributed by atoms with Crippen molar-refractivity contribution in [3.8, 4) is 11.5 Å². The maximum Gasteiger partial charge on any atom is 0.123 e. The van der Waals surface area contributed by atoms with Gasteiger partial charge in [0.1, 0.15) is 17.6 Å². The van der Waals surface area contributed by atoms with Crippen LogP contribution in [0.3, 0.4) is 0 Å². The maximum atomic E-state index is 5.82. The standard InChI is InChI=1S/C13H19NO2/c1-8(14)4-10-7-13-11(5-9(2)16-13)6-12(10)15-3/h6-9H,4-5,14H2,1-3H3/t8-,9+/m1/s1. The number of nitrogens with two attached hydrogens (primary N) is 1. The van der Waals surface area contributed by atoms with Gasteiger partial charge in [0.25, 0.3) is 0 Å². The van der Waals surface area contributed by atoms with Crippen molar-refractivity contribution in [3.63, 3.8) is 0 Å². The van der Waals surface area contributed by atoms with Gasteiger partial charge in [0.2, 0.25) is 0 Å². The molecule has 2 atom stereocenters. The zero-order valence-corrected chi connectivity index (χ0v) is 10.1. The van der Waals surface area contributed by atoms with E-state index in [1.165, 1.54) is 5.56 Å². The summed E-state index contributed by atoms with van der Waals surface area (Å²) in [7, 11) is 1.70. The van der Waals surface area contributed by atoms with E-state index < -0.39 is 0 Å². The van der Waals surface area contributed by atoms with Crippen LogP contribution in [0.25, 0.3) is 0 Å². The first kappa shape index (κ1) is 11.3. The molecule has 3 heteroatoms. The Morgan fingerprint density at radius 2 is 2.31 bits per heavy atom. The van der Waals surface area contributed by atoms with Crippen molar-refractivity contribution >= 4 is 0 Å². The maximum absolute atomic E-state index is 5.82. The Labute approximate surface area is 96.5 Å². The van der Waals surface area contributed by atoms with Gasteiger partial charge < -0.3 is 15.2 Å². The molecule has 0 unspecified atom stereocenters. The number of ether oxygens (including phenoxy) is 2. The van der Waals surface area contributed by atoms with Gasteiger partial charge in [-0.1, -0.05) is 0 Å². The van der Waals surface area contributed by atoms with Crippen molar-refractivity contribution < 1.29 is 9.47 Å². The smallest absolute Gasteiger partial charge is 0.123 e. The predicted octanol–water partition coefficient (Wildman–Crippen LogP) is 1.91. The Hall–Kier alpha value is -1.22. The number of rotatable bonds is 3. The molecule has 0 bridgehead atoms. The third-order valence-corrected chi connectivity index (χ3v) is 2.84. The second-order valence-electron chi connectivity index (χ2n) is 4.59. The van der Waals surface area contributed by atoms with Crippen molar-refractivity contribution in [1.82, 2.24) is 0 Å². The minimum atomic E-state index is 0.130. The predicted molar refractivity (Wildman–Crippen MR) is 64.1 cm³/mol. The minimum absolute atomic E-state index is 0.130. The third-order valence-electron chi connectivity index (χ3n) is 2.84. The monoisotopic (exact) mass is 221 g/mol. The fourth-order valence-corrected chi connectivity index (χ4v) is 2.18. The summed E-state index contributed by atoms with van der Waals surface area (Å²) in [4.78, 5) is 0. The van der Waals surface area contributed by atoms with E-state index in [-0.39, 0.29) is 12.1 Å². The quantitative estimate of drug-likeness (QED) is 0.848. The first-order valence-corrected chi connectivity index (χ1v) is 5.72. The molecule has 0 aliphatic carbocycles. The van der Waals surface area contributed by atoms with Crippen LogP contribution in [0.2, 0.25) is 0 Å². The normalized spacial score (nSPS) is 20.1. The van der Waals surface area contributed by atoms with Crippen LogP contribution in [0.4, 0.5) is 0 Å². The first-order valence-electron chi connectivity index (χ1n) is 5.72. The summed E-state index contributed by atoms with van der Waals surface area (Å²) in [5.74, 6) is 1.91. The summed E-state index contributed by atoms with van der Waals surface area (Å²) in [6, 6.07) is 4.28. The molecule has 2 N–H and O–H groups in total. The highest BCUT2D eigenvalue weighted by atomic mass is 16.5. The van der Waals surface area contributed by atoms with Crippen molar-refractivity contribution in [2.24, 2.45) is 5.73 Å². The molecule has 1 aliphatic heterocycles. The van der Waals surface area contributed by atoms with Crippen LogP contribution >= 0.6 is 0 Å². The Morgan fingerprint density at radius 3 is 2.94 bits per heavy atom. The van der Waals surface area contributed by atoms with Gasteiger partial charge >= 0.3 is 0 Å². The van der Waals surface area contributed by atoms with E-state index in [4.69, 9.17) is 15.2 Å². The Kier molecular flexibility index (Phi) is 3.06. The molecule has 88 valence electrons. The van der Waals surface area contributed by atoms with Crippen LogP contribution in [0.15, 0.2) is 12.1 Å². The molecule has 0 spiro atoms. The summed E-state index contributed by atoms with van der Waals surface area (Å²) in [6.45, 7) is 4.08. The second-order valence-corrected chi connectivity index (χ2v) is 4.59. The summed E-state index contributed by atoms with van der Waals surface area (Å²) in [5.41, 5.74) is 8.19. The van der Waals surface area contributed by atoms with E-state index in [1.807, 2.05) is 6.92 Å². The number of hydrogen-bond acceptors (Lipinski definition) is 3. The molecular formula is C13H19NO2. The van der Waals surface area contributed by atoms with Crippen molar-refractivity contribution in [1.29, 1.82) is 0 Å². The van der Waals surface area contributed by atoms with Gasteiger partial charge in [-0.2, -0.15) is 0 Å². The van der Waals surface area contributed by atoms with Crippen LogP contribution in [0.1, 0.15) is 25.0 Å². The van der Waals surface area contributed by atoms with E-state index in [2.05, 4.69) is 19.1 Å². The lowest BCUT2D eigenvalue weighted by Crippen LogP contribution is -2.18. The molecule has 1 heterocycles. The molecule has 0 amide bonds. The van der Waals surface area contributed by atoms with Crippen LogP contribution < -0.4 is 15.2 Å². The van der Waals surface area contributed by atoms with Gasteiger partial charge in [0, 0.05) is 18.0 Å². The molecule has 0 saturated carbocycles. The van der Waals surface area contributed by atoms with E-state index in [0.717, 1.165) is 29.9 Å². The van der Waals surface area contributed by atoms with Gasteiger partial charge in [0.05, 0.1) is 7.11 Å². The van der Waals surface area contributed by atoms with Gasteiger partial charge in [-0.3, -0.25) is 0 Å². The van der Waals surface area contributed by atoms with Crippen molar-refractivity contribution in [3.05, 3.63) is 23.3 Å². The summed E-state index contributed by atoms with van der Waals surface area (Å²) in [5, 5.41) is 0. The zero-order chi connectivity index (χ0) is 11.7. The molecule has 0 saturated heterocycles. The third kappa shape index (κ3) is 2.14. The number of hydrogen-bond donors (Lipinski definition) is 1. The van der Waals surface area contributed by atoms with Crippen molar-refractivity contribution in [2.75, 3.05) is 7.11 Å². The molecule has 16 heavy (non-hydrogen) atoms. The average Bonchev–Trinajstić information content (AvgIpc) is 2.55. The summed E-state index contributed by atoms with van der Waals surface area (Å²) in [6.07, 6.45) is 2.04. The highest BCUT2D eigenvalue weighted by molar-refractivity contribution is 5.48. The highest BCUT2D eigenvalue weighted by Crippen LogP contribution is 2.35. The van der Waals surface area contributed by atoms with E-state index in [0.29, 0.717) is 0 Å². The first-order chi connectivity index (χ1) is 7.60. The van der Waals surface area contributed by atoms with E-state index in [9.17, 15) is 0 Å². The summed E-state index contributed by atoms with van der Waals surface area (Å²) < 4.78 is 11.1. The Morgan fingerprint density at radius 1 is 1.56 bits per heavy atom. The number of methoxy groups -OCH3 is 1. The lowest BCUT2D eigenvalue weighted by atomic mass is 10.0. The molecule has 1 aromatic carbocycles. The van der Waals surface area contributed by atoms with Gasteiger partial charge in [-0.15, -0.1) is 0 Å². The molecule has 1 aliphatic rings. The fourth-order valence-electron chi connectivity index (χ4n) is 2.18. The Bertz CT molecular complexity index is 388. The van der Waals surface area contributed by atoms with E-state index in [1.54, 1.807) is 7.11 Å². The number of benzene rings is 1.